The molecule has 0 saturated carbocycles. The van der Waals surface area contributed by atoms with Crippen molar-refractivity contribution >= 4 is 0 Å². The number of benzene rings is 1. The second-order valence-electron chi connectivity index (χ2n) is 2.66. The third-order valence-corrected chi connectivity index (χ3v) is 1.91. The first-order valence-corrected chi connectivity index (χ1v) is 3.51. The number of aliphatic hydroxyl groups excluding tert-OH is 1. The van der Waals surface area contributed by atoms with Crippen molar-refractivity contribution in [3.05, 3.63) is 34.6 Å². The molecule has 0 aliphatic carbocycles. The maximum Gasteiger partial charge on any atom is 0.123 e. The van der Waals surface area contributed by atoms with Gasteiger partial charge in [0.05, 0.1) is 6.61 Å². The van der Waals surface area contributed by atoms with Crippen LogP contribution in [0, 0.1) is 19.7 Å². The van der Waals surface area contributed by atoms with Gasteiger partial charge in [-0.25, -0.2) is 4.39 Å². The van der Waals surface area contributed by atoms with Crippen molar-refractivity contribution in [3.8, 4) is 0 Å². The zero-order chi connectivity index (χ0) is 8.43. The molecule has 0 spiro atoms. The van der Waals surface area contributed by atoms with Crippen molar-refractivity contribution in [2.45, 2.75) is 20.5 Å². The van der Waals surface area contributed by atoms with Gasteiger partial charge in [0.1, 0.15) is 5.82 Å². The van der Waals surface area contributed by atoms with E-state index in [-0.39, 0.29) is 12.4 Å². The summed E-state index contributed by atoms with van der Waals surface area (Å²) in [6.07, 6.45) is 0. The Morgan fingerprint density at radius 2 is 2.00 bits per heavy atom. The van der Waals surface area contributed by atoms with Crippen LogP contribution in [0.5, 0.6) is 0 Å². The van der Waals surface area contributed by atoms with Gasteiger partial charge in [0.15, 0.2) is 0 Å². The van der Waals surface area contributed by atoms with Crippen molar-refractivity contribution in [2.75, 3.05) is 0 Å². The predicted molar refractivity (Wildman–Crippen MR) is 41.8 cm³/mol. The van der Waals surface area contributed by atoms with Crippen LogP contribution in [0.15, 0.2) is 12.1 Å². The smallest absolute Gasteiger partial charge is 0.123 e. The summed E-state index contributed by atoms with van der Waals surface area (Å²) in [5.74, 6) is -0.280. The van der Waals surface area contributed by atoms with Gasteiger partial charge in [-0.1, -0.05) is 0 Å². The van der Waals surface area contributed by atoms with Gasteiger partial charge in [-0.2, -0.15) is 0 Å². The van der Waals surface area contributed by atoms with Crippen molar-refractivity contribution in [3.63, 3.8) is 0 Å². The van der Waals surface area contributed by atoms with Crippen LogP contribution >= 0.6 is 0 Å². The maximum atomic E-state index is 12.7. The Kier molecular flexibility index (Phi) is 2.25. The number of hydrogen-bond acceptors (Lipinski definition) is 1. The van der Waals surface area contributed by atoms with Gasteiger partial charge in [-0.05, 0) is 42.7 Å². The van der Waals surface area contributed by atoms with E-state index in [2.05, 4.69) is 0 Å². The molecule has 11 heavy (non-hydrogen) atoms. The number of aliphatic hydroxyl groups is 1. The average Bonchev–Trinajstić information content (AvgIpc) is 1.96. The molecule has 1 nitrogen and oxygen atoms in total. The highest BCUT2D eigenvalue weighted by Gasteiger charge is 2.02. The zero-order valence-electron chi connectivity index (χ0n) is 6.69. The maximum absolute atomic E-state index is 12.7. The molecule has 0 aromatic heterocycles. The number of rotatable bonds is 1. The van der Waals surface area contributed by atoms with Crippen LogP contribution in [0.3, 0.4) is 0 Å². The van der Waals surface area contributed by atoms with Crippen LogP contribution in [0.25, 0.3) is 0 Å². The molecule has 0 bridgehead atoms. The summed E-state index contributed by atoms with van der Waals surface area (Å²) in [4.78, 5) is 0. The Bertz CT molecular complexity index is 269. The van der Waals surface area contributed by atoms with E-state index in [1.165, 1.54) is 12.1 Å². The normalized spacial score (nSPS) is 10.2. The molecule has 1 aromatic rings. The number of hydrogen-bond donors (Lipinski definition) is 1. The Labute approximate surface area is 65.5 Å². The van der Waals surface area contributed by atoms with Crippen molar-refractivity contribution in [1.82, 2.24) is 0 Å². The van der Waals surface area contributed by atoms with Gasteiger partial charge in [0.25, 0.3) is 0 Å². The molecule has 1 rings (SSSR count). The lowest BCUT2D eigenvalue weighted by Crippen LogP contribution is -1.93. The molecule has 0 unspecified atom stereocenters. The molecule has 1 aromatic carbocycles. The summed E-state index contributed by atoms with van der Waals surface area (Å²) in [7, 11) is 0. The van der Waals surface area contributed by atoms with Crippen LogP contribution < -0.4 is 0 Å². The van der Waals surface area contributed by atoms with Crippen LogP contribution in [-0.4, -0.2) is 5.11 Å². The van der Waals surface area contributed by atoms with E-state index < -0.39 is 0 Å². The van der Waals surface area contributed by atoms with Crippen LogP contribution in [0.4, 0.5) is 4.39 Å². The lowest BCUT2D eigenvalue weighted by atomic mass is 10.0. The third kappa shape index (κ3) is 1.57. The first kappa shape index (κ1) is 8.21. The lowest BCUT2D eigenvalue weighted by molar-refractivity contribution is 0.280. The standard InChI is InChI=1S/C9H11FO/c1-6-3-9(10)4-8(5-11)7(6)2/h3-4,11H,5H2,1-2H3. The fraction of sp³-hybridized carbons (Fsp3) is 0.333. The largest absolute Gasteiger partial charge is 0.392 e. The van der Waals surface area contributed by atoms with E-state index in [4.69, 9.17) is 5.11 Å². The molecule has 0 saturated heterocycles. The highest BCUT2D eigenvalue weighted by Crippen LogP contribution is 2.14. The molecule has 0 amide bonds. The van der Waals surface area contributed by atoms with Crippen molar-refractivity contribution in [2.24, 2.45) is 0 Å². The number of aryl methyl sites for hydroxylation is 1. The number of halogens is 1. The molecule has 0 atom stereocenters. The fourth-order valence-corrected chi connectivity index (χ4v) is 1.05. The third-order valence-electron chi connectivity index (χ3n) is 1.91. The predicted octanol–water partition coefficient (Wildman–Crippen LogP) is 1.93. The zero-order valence-corrected chi connectivity index (χ0v) is 6.69. The minimum absolute atomic E-state index is 0.0928. The van der Waals surface area contributed by atoms with E-state index in [1.807, 2.05) is 13.8 Å². The van der Waals surface area contributed by atoms with E-state index in [0.717, 1.165) is 11.1 Å². The topological polar surface area (TPSA) is 20.2 Å². The molecular formula is C9H11FO. The molecule has 0 aliphatic heterocycles. The molecule has 2 heteroatoms. The minimum Gasteiger partial charge on any atom is -0.392 e. The highest BCUT2D eigenvalue weighted by molar-refractivity contribution is 5.33. The Morgan fingerprint density at radius 1 is 1.36 bits per heavy atom. The second-order valence-corrected chi connectivity index (χ2v) is 2.66. The molecule has 0 heterocycles. The summed E-state index contributed by atoms with van der Waals surface area (Å²) >= 11 is 0. The summed E-state index contributed by atoms with van der Waals surface area (Å²) in [5.41, 5.74) is 2.52. The summed E-state index contributed by atoms with van der Waals surface area (Å²) in [6.45, 7) is 3.61. The van der Waals surface area contributed by atoms with Gasteiger partial charge >= 0.3 is 0 Å². The Balaban J connectivity index is 3.24. The second kappa shape index (κ2) is 3.01. The average molecular weight is 154 g/mol. The summed E-state index contributed by atoms with van der Waals surface area (Å²) in [5, 5.41) is 8.80. The summed E-state index contributed by atoms with van der Waals surface area (Å²) in [6, 6.07) is 2.83. The SMILES string of the molecule is Cc1cc(F)cc(CO)c1C. The van der Waals surface area contributed by atoms with Gasteiger partial charge < -0.3 is 5.11 Å². The first-order valence-electron chi connectivity index (χ1n) is 3.51. The van der Waals surface area contributed by atoms with E-state index in [9.17, 15) is 4.39 Å². The van der Waals surface area contributed by atoms with Crippen LogP contribution in [-0.2, 0) is 6.61 Å². The van der Waals surface area contributed by atoms with Gasteiger partial charge in [-0.3, -0.25) is 0 Å². The van der Waals surface area contributed by atoms with Crippen LogP contribution in [0.1, 0.15) is 16.7 Å². The van der Waals surface area contributed by atoms with Crippen molar-refractivity contribution < 1.29 is 9.50 Å². The minimum atomic E-state index is -0.280. The first-order chi connectivity index (χ1) is 5.15. The highest BCUT2D eigenvalue weighted by atomic mass is 19.1. The quantitative estimate of drug-likeness (QED) is 0.655. The molecule has 0 fully saturated rings. The van der Waals surface area contributed by atoms with Crippen LogP contribution in [0.2, 0.25) is 0 Å². The van der Waals surface area contributed by atoms with Crippen molar-refractivity contribution in [1.29, 1.82) is 0 Å². The molecule has 60 valence electrons. The molecular weight excluding hydrogens is 143 g/mol. The van der Waals surface area contributed by atoms with E-state index >= 15 is 0 Å². The summed E-state index contributed by atoms with van der Waals surface area (Å²) < 4.78 is 12.7. The Hall–Kier alpha value is -0.890. The monoisotopic (exact) mass is 154 g/mol. The van der Waals surface area contributed by atoms with Gasteiger partial charge in [-0.15, -0.1) is 0 Å². The molecule has 0 aliphatic rings. The lowest BCUT2D eigenvalue weighted by Gasteiger charge is -2.05. The molecule has 1 N–H and O–H groups in total. The molecule has 0 radical (unpaired) electrons. The van der Waals surface area contributed by atoms with Gasteiger partial charge in [0.2, 0.25) is 0 Å². The van der Waals surface area contributed by atoms with Gasteiger partial charge in [0, 0.05) is 0 Å². The van der Waals surface area contributed by atoms with E-state index in [1.54, 1.807) is 0 Å². The van der Waals surface area contributed by atoms with E-state index in [0.29, 0.717) is 5.56 Å². The fourth-order valence-electron chi connectivity index (χ4n) is 1.05. The Morgan fingerprint density at radius 3 is 2.55 bits per heavy atom.